The van der Waals surface area contributed by atoms with Crippen molar-refractivity contribution in [1.29, 1.82) is 0 Å². The quantitative estimate of drug-likeness (QED) is 0.590. The van der Waals surface area contributed by atoms with Crippen LogP contribution in [0.1, 0.15) is 17.3 Å². The first kappa shape index (κ1) is 14.8. The molecule has 1 aliphatic rings. The maximum Gasteiger partial charge on any atom is 0.325 e. The van der Waals surface area contributed by atoms with Crippen molar-refractivity contribution in [3.8, 4) is 11.5 Å². The van der Waals surface area contributed by atoms with Gasteiger partial charge in [-0.25, -0.2) is 0 Å². The molecule has 0 aliphatic carbocycles. The number of nitrogens with zero attached hydrogens (tertiary/aromatic N) is 1. The zero-order valence-electron chi connectivity index (χ0n) is 11.8. The summed E-state index contributed by atoms with van der Waals surface area (Å²) in [6, 6.07) is 3.01. The topological polar surface area (TPSA) is 82.1 Å². The molecule has 0 saturated heterocycles. The molecule has 7 heteroatoms. The van der Waals surface area contributed by atoms with E-state index in [-0.39, 0.29) is 13.2 Å². The van der Waals surface area contributed by atoms with Crippen LogP contribution in [0.4, 0.5) is 5.69 Å². The van der Waals surface area contributed by atoms with Gasteiger partial charge < -0.3 is 14.2 Å². The van der Waals surface area contributed by atoms with E-state index in [1.165, 1.54) is 24.1 Å². The summed E-state index contributed by atoms with van der Waals surface area (Å²) in [6.45, 7) is 1.72. The van der Waals surface area contributed by atoms with Crippen LogP contribution in [0.25, 0.3) is 0 Å². The second-order valence-corrected chi connectivity index (χ2v) is 4.26. The SMILES string of the molecule is CCOc1cc(C=O)cc2c1OCC(=O)N2CC(=O)OC. The largest absolute Gasteiger partial charge is 0.490 e. The minimum Gasteiger partial charge on any atom is -0.490 e. The number of aldehydes is 1. The lowest BCUT2D eigenvalue weighted by Gasteiger charge is -2.29. The van der Waals surface area contributed by atoms with Gasteiger partial charge in [0.05, 0.1) is 19.4 Å². The van der Waals surface area contributed by atoms with Crippen LogP contribution in [0, 0.1) is 0 Å². The summed E-state index contributed by atoms with van der Waals surface area (Å²) in [5, 5.41) is 0. The van der Waals surface area contributed by atoms with Crippen molar-refractivity contribution in [2.24, 2.45) is 0 Å². The van der Waals surface area contributed by atoms with Crippen molar-refractivity contribution in [3.05, 3.63) is 17.7 Å². The number of amides is 1. The zero-order valence-corrected chi connectivity index (χ0v) is 11.8. The van der Waals surface area contributed by atoms with Gasteiger partial charge in [-0.2, -0.15) is 0 Å². The minimum atomic E-state index is -0.564. The predicted octanol–water partition coefficient (Wildman–Crippen LogP) is 0.796. The van der Waals surface area contributed by atoms with Gasteiger partial charge in [-0.15, -0.1) is 0 Å². The van der Waals surface area contributed by atoms with Gasteiger partial charge in [-0.1, -0.05) is 0 Å². The number of fused-ring (bicyclic) bond motifs is 1. The lowest BCUT2D eigenvalue weighted by molar-refractivity contribution is -0.140. The maximum atomic E-state index is 11.9. The van der Waals surface area contributed by atoms with E-state index >= 15 is 0 Å². The first-order valence-corrected chi connectivity index (χ1v) is 6.36. The van der Waals surface area contributed by atoms with Gasteiger partial charge in [0.15, 0.2) is 18.1 Å². The van der Waals surface area contributed by atoms with E-state index in [9.17, 15) is 14.4 Å². The molecule has 1 aliphatic heterocycles. The molecule has 0 spiro atoms. The van der Waals surface area contributed by atoms with Crippen molar-refractivity contribution in [2.75, 3.05) is 31.8 Å². The summed E-state index contributed by atoms with van der Waals surface area (Å²) in [7, 11) is 1.24. The van der Waals surface area contributed by atoms with Crippen LogP contribution < -0.4 is 14.4 Å². The summed E-state index contributed by atoms with van der Waals surface area (Å²) in [5.74, 6) is -0.255. The number of hydrogen-bond donors (Lipinski definition) is 0. The third kappa shape index (κ3) is 2.96. The number of benzene rings is 1. The number of anilines is 1. The highest BCUT2D eigenvalue weighted by Crippen LogP contribution is 2.41. The second kappa shape index (κ2) is 6.25. The van der Waals surface area contributed by atoms with E-state index in [1.54, 1.807) is 6.92 Å². The van der Waals surface area contributed by atoms with E-state index in [4.69, 9.17) is 9.47 Å². The number of methoxy groups -OCH3 is 1. The van der Waals surface area contributed by atoms with Gasteiger partial charge in [0.2, 0.25) is 0 Å². The van der Waals surface area contributed by atoms with E-state index in [2.05, 4.69) is 4.74 Å². The Morgan fingerprint density at radius 2 is 2.24 bits per heavy atom. The highest BCUT2D eigenvalue weighted by atomic mass is 16.5. The van der Waals surface area contributed by atoms with Crippen LogP contribution in [0.3, 0.4) is 0 Å². The molecule has 0 unspecified atom stereocenters. The van der Waals surface area contributed by atoms with Crippen LogP contribution >= 0.6 is 0 Å². The minimum absolute atomic E-state index is 0.204. The first-order valence-electron chi connectivity index (χ1n) is 6.36. The molecule has 0 bridgehead atoms. The Bertz CT molecular complexity index is 583. The summed E-state index contributed by atoms with van der Waals surface area (Å²) >= 11 is 0. The third-order valence-electron chi connectivity index (χ3n) is 2.94. The van der Waals surface area contributed by atoms with Crippen LogP contribution in [0.2, 0.25) is 0 Å². The molecule has 0 atom stereocenters. The Morgan fingerprint density at radius 1 is 1.48 bits per heavy atom. The van der Waals surface area contributed by atoms with Crippen molar-refractivity contribution >= 4 is 23.9 Å². The molecule has 21 heavy (non-hydrogen) atoms. The zero-order chi connectivity index (χ0) is 15.4. The van der Waals surface area contributed by atoms with Crippen molar-refractivity contribution in [2.45, 2.75) is 6.92 Å². The average molecular weight is 293 g/mol. The third-order valence-corrected chi connectivity index (χ3v) is 2.94. The standard InChI is InChI=1S/C14H15NO6/c1-3-20-11-5-9(7-16)4-10-14(11)21-8-12(17)15(10)6-13(18)19-2/h4-5,7H,3,6,8H2,1-2H3. The summed E-state index contributed by atoms with van der Waals surface area (Å²) in [5.41, 5.74) is 0.648. The molecule has 0 N–H and O–H groups in total. The van der Waals surface area contributed by atoms with Gasteiger partial charge in [0, 0.05) is 5.56 Å². The van der Waals surface area contributed by atoms with Gasteiger partial charge in [0.1, 0.15) is 12.8 Å². The molecular weight excluding hydrogens is 278 g/mol. The van der Waals surface area contributed by atoms with E-state index in [0.717, 1.165) is 0 Å². The molecule has 1 aromatic carbocycles. The molecule has 7 nitrogen and oxygen atoms in total. The second-order valence-electron chi connectivity index (χ2n) is 4.26. The molecule has 1 heterocycles. The number of carbonyl (C=O) groups is 3. The fourth-order valence-corrected chi connectivity index (χ4v) is 2.00. The molecule has 1 aromatic rings. The van der Waals surface area contributed by atoms with Crippen molar-refractivity contribution < 1.29 is 28.6 Å². The lowest BCUT2D eigenvalue weighted by Crippen LogP contribution is -2.42. The summed E-state index contributed by atoms with van der Waals surface area (Å²) in [6.07, 6.45) is 0.637. The summed E-state index contributed by atoms with van der Waals surface area (Å²) < 4.78 is 15.4. The Morgan fingerprint density at radius 3 is 2.86 bits per heavy atom. The number of hydrogen-bond acceptors (Lipinski definition) is 6. The first-order chi connectivity index (χ1) is 10.1. The van der Waals surface area contributed by atoms with Crippen LogP contribution in [0.5, 0.6) is 11.5 Å². The molecule has 2 rings (SSSR count). The summed E-state index contributed by atoms with van der Waals surface area (Å²) in [4.78, 5) is 35.6. The van der Waals surface area contributed by atoms with Gasteiger partial charge in [-0.05, 0) is 19.1 Å². The molecule has 1 amide bonds. The van der Waals surface area contributed by atoms with E-state index in [1.807, 2.05) is 0 Å². The van der Waals surface area contributed by atoms with Crippen molar-refractivity contribution in [1.82, 2.24) is 0 Å². The molecule has 0 aromatic heterocycles. The maximum absolute atomic E-state index is 11.9. The Kier molecular flexibility index (Phi) is 4.42. The molecule has 0 saturated carbocycles. The predicted molar refractivity (Wildman–Crippen MR) is 72.9 cm³/mol. The smallest absolute Gasteiger partial charge is 0.325 e. The highest BCUT2D eigenvalue weighted by Gasteiger charge is 2.30. The number of rotatable bonds is 5. The molecule has 0 radical (unpaired) electrons. The van der Waals surface area contributed by atoms with Crippen molar-refractivity contribution in [3.63, 3.8) is 0 Å². The normalized spacial score (nSPS) is 13.2. The molecular formula is C14H15NO6. The Labute approximate surface area is 121 Å². The van der Waals surface area contributed by atoms with Gasteiger partial charge in [0.25, 0.3) is 5.91 Å². The van der Waals surface area contributed by atoms with Gasteiger partial charge >= 0.3 is 5.97 Å². The fraction of sp³-hybridized carbons (Fsp3) is 0.357. The van der Waals surface area contributed by atoms with E-state index in [0.29, 0.717) is 35.6 Å². The van der Waals surface area contributed by atoms with Gasteiger partial charge in [-0.3, -0.25) is 19.3 Å². The Balaban J connectivity index is 2.49. The fourth-order valence-electron chi connectivity index (χ4n) is 2.00. The van der Waals surface area contributed by atoms with Crippen LogP contribution in [-0.2, 0) is 14.3 Å². The molecule has 0 fully saturated rings. The average Bonchev–Trinajstić information content (AvgIpc) is 2.49. The number of esters is 1. The monoisotopic (exact) mass is 293 g/mol. The molecule has 112 valence electrons. The number of ether oxygens (including phenoxy) is 3. The highest BCUT2D eigenvalue weighted by molar-refractivity contribution is 6.02. The Hall–Kier alpha value is -2.57. The van der Waals surface area contributed by atoms with Crippen LogP contribution in [0.15, 0.2) is 12.1 Å². The van der Waals surface area contributed by atoms with E-state index < -0.39 is 11.9 Å². The lowest BCUT2D eigenvalue weighted by atomic mass is 10.1. The van der Waals surface area contributed by atoms with Crippen LogP contribution in [-0.4, -0.2) is 45.0 Å². The number of carbonyl (C=O) groups excluding carboxylic acids is 3.